The van der Waals surface area contributed by atoms with Crippen LogP contribution in [-0.4, -0.2) is 57.9 Å². The summed E-state index contributed by atoms with van der Waals surface area (Å²) in [4.78, 5) is 36.8. The lowest BCUT2D eigenvalue weighted by atomic mass is 10.2. The molecule has 2 aromatic carbocycles. The molecule has 2 heterocycles. The highest BCUT2D eigenvalue weighted by molar-refractivity contribution is 6.04. The summed E-state index contributed by atoms with van der Waals surface area (Å²) in [5.41, 5.74) is 2.18. The first-order valence-corrected chi connectivity index (χ1v) is 10.1. The fourth-order valence-electron chi connectivity index (χ4n) is 3.29. The van der Waals surface area contributed by atoms with Gasteiger partial charge in [-0.1, -0.05) is 18.2 Å². The Bertz CT molecular complexity index is 1000. The van der Waals surface area contributed by atoms with Gasteiger partial charge in [0, 0.05) is 50.2 Å². The summed E-state index contributed by atoms with van der Waals surface area (Å²) in [7, 11) is 0. The molecule has 1 aliphatic rings. The van der Waals surface area contributed by atoms with Crippen LogP contribution < -0.4 is 10.1 Å². The van der Waals surface area contributed by atoms with Gasteiger partial charge in [0.2, 0.25) is 0 Å². The van der Waals surface area contributed by atoms with Gasteiger partial charge < -0.3 is 15.0 Å². The van der Waals surface area contributed by atoms with E-state index >= 15 is 0 Å². The number of aromatic nitrogens is 2. The lowest BCUT2D eigenvalue weighted by molar-refractivity contribution is 0.102. The van der Waals surface area contributed by atoms with Gasteiger partial charge in [0.25, 0.3) is 5.91 Å². The van der Waals surface area contributed by atoms with Gasteiger partial charge in [-0.2, -0.15) is 0 Å². The fourth-order valence-corrected chi connectivity index (χ4v) is 3.29. The molecule has 1 aliphatic heterocycles. The minimum atomic E-state index is -0.372. The van der Waals surface area contributed by atoms with Gasteiger partial charge in [0.05, 0.1) is 5.69 Å². The number of piperazine rings is 1. The summed E-state index contributed by atoms with van der Waals surface area (Å²) < 4.78 is 5.49. The van der Waals surface area contributed by atoms with Crippen LogP contribution in [0.15, 0.2) is 73.2 Å². The molecule has 8 nitrogen and oxygen atoms in total. The van der Waals surface area contributed by atoms with Crippen molar-refractivity contribution in [2.45, 2.75) is 6.54 Å². The van der Waals surface area contributed by atoms with Crippen LogP contribution in [0.3, 0.4) is 0 Å². The zero-order valence-corrected chi connectivity index (χ0v) is 17.0. The van der Waals surface area contributed by atoms with Crippen LogP contribution >= 0.6 is 0 Å². The second-order valence-electron chi connectivity index (χ2n) is 7.18. The molecule has 31 heavy (non-hydrogen) atoms. The number of nitrogens with one attached hydrogen (secondary N) is 1. The first-order chi connectivity index (χ1) is 15.2. The van der Waals surface area contributed by atoms with E-state index < -0.39 is 0 Å². The normalized spacial score (nSPS) is 14.1. The average molecular weight is 417 g/mol. The molecule has 0 spiro atoms. The summed E-state index contributed by atoms with van der Waals surface area (Å²) in [5, 5.41) is 2.82. The van der Waals surface area contributed by atoms with Crippen LogP contribution in [0.1, 0.15) is 16.1 Å². The average Bonchev–Trinajstić information content (AvgIpc) is 2.82. The number of rotatable bonds is 5. The Morgan fingerprint density at radius 1 is 0.935 bits per heavy atom. The molecule has 0 bridgehead atoms. The van der Waals surface area contributed by atoms with E-state index in [2.05, 4.69) is 20.2 Å². The number of hydrogen-bond acceptors (Lipinski definition) is 6. The predicted octanol–water partition coefficient (Wildman–Crippen LogP) is 3.05. The third-order valence-corrected chi connectivity index (χ3v) is 5.01. The molecule has 8 heteroatoms. The molecular weight excluding hydrogens is 394 g/mol. The molecule has 1 N–H and O–H groups in total. The van der Waals surface area contributed by atoms with Crippen molar-refractivity contribution in [1.29, 1.82) is 0 Å². The fraction of sp³-hybridized carbons (Fsp3) is 0.217. The van der Waals surface area contributed by atoms with Crippen molar-refractivity contribution >= 4 is 17.7 Å². The Morgan fingerprint density at radius 3 is 2.35 bits per heavy atom. The molecule has 0 aliphatic carbocycles. The number of benzene rings is 2. The number of hydrogen-bond donors (Lipinski definition) is 1. The van der Waals surface area contributed by atoms with Crippen LogP contribution in [0, 0.1) is 0 Å². The standard InChI is InChI=1S/C23H23N5O3/c29-22(18-4-2-1-3-5-18)26-19-6-8-21(9-7-19)31-23(30)28-14-12-27(13-15-28)16-20-10-11-24-17-25-20/h1-11,17H,12-16H2,(H,26,29). The largest absolute Gasteiger partial charge is 0.415 e. The van der Waals surface area contributed by atoms with Crippen LogP contribution in [0.2, 0.25) is 0 Å². The number of nitrogens with zero attached hydrogens (tertiary/aromatic N) is 4. The van der Waals surface area contributed by atoms with E-state index in [-0.39, 0.29) is 12.0 Å². The highest BCUT2D eigenvalue weighted by Crippen LogP contribution is 2.18. The molecular formula is C23H23N5O3. The molecule has 158 valence electrons. The highest BCUT2D eigenvalue weighted by atomic mass is 16.6. The topological polar surface area (TPSA) is 87.7 Å². The SMILES string of the molecule is O=C(Nc1ccc(OC(=O)N2CCN(Cc3ccncn3)CC2)cc1)c1ccccc1. The summed E-state index contributed by atoms with van der Waals surface area (Å²) >= 11 is 0. The van der Waals surface area contributed by atoms with Crippen molar-refractivity contribution in [1.82, 2.24) is 19.8 Å². The molecule has 1 saturated heterocycles. The van der Waals surface area contributed by atoms with E-state index in [0.29, 0.717) is 30.1 Å². The Morgan fingerprint density at radius 2 is 1.68 bits per heavy atom. The molecule has 0 atom stereocenters. The maximum absolute atomic E-state index is 12.5. The Balaban J connectivity index is 1.25. The minimum absolute atomic E-state index is 0.190. The van der Waals surface area contributed by atoms with Gasteiger partial charge in [-0.3, -0.25) is 9.69 Å². The molecule has 3 aromatic rings. The van der Waals surface area contributed by atoms with Crippen molar-refractivity contribution in [2.24, 2.45) is 0 Å². The van der Waals surface area contributed by atoms with Gasteiger partial charge in [-0.05, 0) is 42.5 Å². The second-order valence-corrected chi connectivity index (χ2v) is 7.18. The molecule has 0 radical (unpaired) electrons. The van der Waals surface area contributed by atoms with Crippen molar-refractivity contribution < 1.29 is 14.3 Å². The smallest absolute Gasteiger partial charge is 0.410 e. The first-order valence-electron chi connectivity index (χ1n) is 10.1. The molecule has 1 fully saturated rings. The number of carbonyl (C=O) groups is 2. The summed E-state index contributed by atoms with van der Waals surface area (Å²) in [6.07, 6.45) is 2.90. The lowest BCUT2D eigenvalue weighted by Crippen LogP contribution is -2.49. The number of amides is 2. The van der Waals surface area contributed by atoms with Gasteiger partial charge in [-0.25, -0.2) is 14.8 Å². The highest BCUT2D eigenvalue weighted by Gasteiger charge is 2.23. The van der Waals surface area contributed by atoms with E-state index in [1.54, 1.807) is 53.8 Å². The third-order valence-electron chi connectivity index (χ3n) is 5.01. The van der Waals surface area contributed by atoms with Crippen LogP contribution in [0.4, 0.5) is 10.5 Å². The van der Waals surface area contributed by atoms with Gasteiger partial charge in [0.1, 0.15) is 12.1 Å². The molecule has 0 saturated carbocycles. The molecule has 4 rings (SSSR count). The lowest BCUT2D eigenvalue weighted by Gasteiger charge is -2.33. The van der Waals surface area contributed by atoms with Gasteiger partial charge in [-0.15, -0.1) is 0 Å². The van der Waals surface area contributed by atoms with E-state index in [9.17, 15) is 9.59 Å². The van der Waals surface area contributed by atoms with Crippen LogP contribution in [0.5, 0.6) is 5.75 Å². The number of anilines is 1. The van der Waals surface area contributed by atoms with Crippen molar-refractivity contribution in [3.63, 3.8) is 0 Å². The monoisotopic (exact) mass is 417 g/mol. The van der Waals surface area contributed by atoms with E-state index in [1.807, 2.05) is 24.3 Å². The maximum Gasteiger partial charge on any atom is 0.415 e. The number of carbonyl (C=O) groups excluding carboxylic acids is 2. The van der Waals surface area contributed by atoms with Crippen molar-refractivity contribution in [3.05, 3.63) is 84.4 Å². The zero-order valence-electron chi connectivity index (χ0n) is 17.0. The summed E-state index contributed by atoms with van der Waals surface area (Å²) in [5.74, 6) is 0.247. The van der Waals surface area contributed by atoms with E-state index in [4.69, 9.17) is 4.74 Å². The minimum Gasteiger partial charge on any atom is -0.410 e. The Labute approximate surface area is 180 Å². The zero-order chi connectivity index (χ0) is 21.5. The second kappa shape index (κ2) is 9.82. The predicted molar refractivity (Wildman–Crippen MR) is 116 cm³/mol. The molecule has 1 aromatic heterocycles. The summed E-state index contributed by atoms with van der Waals surface area (Å²) in [6.45, 7) is 3.43. The Hall–Kier alpha value is -3.78. The van der Waals surface area contributed by atoms with Crippen molar-refractivity contribution in [3.8, 4) is 5.75 Å². The van der Waals surface area contributed by atoms with Crippen molar-refractivity contribution in [2.75, 3.05) is 31.5 Å². The summed E-state index contributed by atoms with van der Waals surface area (Å²) in [6, 6.07) is 17.6. The van der Waals surface area contributed by atoms with E-state index in [1.165, 1.54) is 0 Å². The molecule has 0 unspecified atom stereocenters. The Kier molecular flexibility index (Phi) is 6.49. The maximum atomic E-state index is 12.5. The molecule has 2 amide bonds. The van der Waals surface area contributed by atoms with Crippen LogP contribution in [-0.2, 0) is 6.54 Å². The third kappa shape index (κ3) is 5.64. The quantitative estimate of drug-likeness (QED) is 0.687. The van der Waals surface area contributed by atoms with Gasteiger partial charge in [0.15, 0.2) is 0 Å². The van der Waals surface area contributed by atoms with Crippen LogP contribution in [0.25, 0.3) is 0 Å². The van der Waals surface area contributed by atoms with E-state index in [0.717, 1.165) is 25.3 Å². The number of ether oxygens (including phenoxy) is 1. The first kappa shape index (κ1) is 20.5. The van der Waals surface area contributed by atoms with Gasteiger partial charge >= 0.3 is 6.09 Å².